The van der Waals surface area contributed by atoms with Crippen molar-refractivity contribution >= 4 is 23.0 Å². The van der Waals surface area contributed by atoms with Gasteiger partial charge in [0.15, 0.2) is 0 Å². The Morgan fingerprint density at radius 3 is 2.50 bits per heavy atom. The molecule has 0 fully saturated rings. The molecule has 1 aromatic heterocycles. The number of thiocarbonyl (C=S) groups is 1. The average Bonchev–Trinajstić information content (AvgIpc) is 1.82. The van der Waals surface area contributed by atoms with Gasteiger partial charge in [0.25, 0.3) is 0 Å². The zero-order valence-corrected chi connectivity index (χ0v) is 7.90. The van der Waals surface area contributed by atoms with Gasteiger partial charge < -0.3 is 11.5 Å². The molecule has 0 amide bonds. The minimum atomic E-state index is 0.303. The Kier molecular flexibility index (Phi) is 2.28. The minimum absolute atomic E-state index is 0.303. The van der Waals surface area contributed by atoms with E-state index in [9.17, 15) is 0 Å². The lowest BCUT2D eigenvalue weighted by atomic mass is 10.1. The largest absolute Gasteiger partial charge is 0.389 e. The Bertz CT molecular complexity index is 310. The topological polar surface area (TPSA) is 64.9 Å². The lowest BCUT2D eigenvalue weighted by Gasteiger charge is -2.07. The molecule has 1 heterocycles. The second kappa shape index (κ2) is 3.06. The van der Waals surface area contributed by atoms with Crippen LogP contribution in [0.15, 0.2) is 6.07 Å². The van der Waals surface area contributed by atoms with Crippen LogP contribution in [0.1, 0.15) is 16.8 Å². The van der Waals surface area contributed by atoms with Gasteiger partial charge in [-0.1, -0.05) is 12.2 Å². The number of nitrogens with zero attached hydrogens (tertiary/aromatic N) is 1. The second-order valence-corrected chi connectivity index (χ2v) is 3.14. The van der Waals surface area contributed by atoms with Crippen LogP contribution in [-0.2, 0) is 0 Å². The van der Waals surface area contributed by atoms with Gasteiger partial charge in [0, 0.05) is 5.69 Å². The summed E-state index contributed by atoms with van der Waals surface area (Å²) in [6.07, 6.45) is 0. The monoisotopic (exact) mass is 181 g/mol. The van der Waals surface area contributed by atoms with E-state index in [1.54, 1.807) is 0 Å². The van der Waals surface area contributed by atoms with Gasteiger partial charge in [-0.15, -0.1) is 0 Å². The van der Waals surface area contributed by atoms with Gasteiger partial charge in [-0.2, -0.15) is 0 Å². The predicted octanol–water partition coefficient (Wildman–Crippen LogP) is 0.915. The standard InChI is InChI=1S/C8H11N3S/c1-4-3-5(2)11-7(9)6(4)8(10)12/h3H,1-2H3,(H2,9,11)(H2,10,12). The van der Waals surface area contributed by atoms with Crippen molar-refractivity contribution in [1.29, 1.82) is 0 Å². The molecule has 0 spiro atoms. The lowest BCUT2D eigenvalue weighted by molar-refractivity contribution is 1.18. The van der Waals surface area contributed by atoms with E-state index < -0.39 is 0 Å². The van der Waals surface area contributed by atoms with Crippen molar-refractivity contribution in [2.75, 3.05) is 5.73 Å². The molecule has 0 unspecified atom stereocenters. The highest BCUT2D eigenvalue weighted by Gasteiger charge is 2.07. The molecule has 3 nitrogen and oxygen atoms in total. The first-order valence-electron chi connectivity index (χ1n) is 3.56. The number of nitrogen functional groups attached to an aromatic ring is 1. The van der Waals surface area contributed by atoms with Crippen LogP contribution in [0.5, 0.6) is 0 Å². The summed E-state index contributed by atoms with van der Waals surface area (Å²) in [4.78, 5) is 4.37. The van der Waals surface area contributed by atoms with E-state index in [0.717, 1.165) is 11.3 Å². The Hall–Kier alpha value is -1.16. The van der Waals surface area contributed by atoms with Crippen molar-refractivity contribution < 1.29 is 0 Å². The van der Waals surface area contributed by atoms with Gasteiger partial charge in [-0.25, -0.2) is 4.98 Å². The molecule has 4 N–H and O–H groups in total. The zero-order valence-electron chi connectivity index (χ0n) is 7.09. The number of pyridine rings is 1. The Labute approximate surface area is 76.8 Å². The highest BCUT2D eigenvalue weighted by Crippen LogP contribution is 2.14. The third-order valence-electron chi connectivity index (χ3n) is 1.62. The SMILES string of the molecule is Cc1cc(C)c(C(N)=S)c(N)n1. The molecular formula is C8H11N3S. The van der Waals surface area contributed by atoms with Gasteiger partial charge in [0.2, 0.25) is 0 Å². The molecule has 0 saturated heterocycles. The van der Waals surface area contributed by atoms with E-state index in [0.29, 0.717) is 16.4 Å². The van der Waals surface area contributed by atoms with Crippen molar-refractivity contribution in [2.45, 2.75) is 13.8 Å². The van der Waals surface area contributed by atoms with Crippen molar-refractivity contribution in [3.8, 4) is 0 Å². The van der Waals surface area contributed by atoms with E-state index in [2.05, 4.69) is 4.98 Å². The lowest BCUT2D eigenvalue weighted by Crippen LogP contribution is -2.15. The molecule has 64 valence electrons. The fourth-order valence-corrected chi connectivity index (χ4v) is 1.45. The summed E-state index contributed by atoms with van der Waals surface area (Å²) in [7, 11) is 0. The molecule has 0 aliphatic rings. The van der Waals surface area contributed by atoms with Crippen LogP contribution in [0.2, 0.25) is 0 Å². The van der Waals surface area contributed by atoms with Gasteiger partial charge in [-0.05, 0) is 25.5 Å². The third kappa shape index (κ3) is 1.53. The molecule has 0 atom stereocenters. The Balaban J connectivity index is 3.38. The maximum absolute atomic E-state index is 5.64. The van der Waals surface area contributed by atoms with Crippen LogP contribution >= 0.6 is 12.2 Å². The van der Waals surface area contributed by atoms with E-state index in [-0.39, 0.29) is 0 Å². The fourth-order valence-electron chi connectivity index (χ4n) is 1.19. The first kappa shape index (κ1) is 8.93. The number of hydrogen-bond donors (Lipinski definition) is 2. The van der Waals surface area contributed by atoms with Crippen LogP contribution in [-0.4, -0.2) is 9.97 Å². The van der Waals surface area contributed by atoms with Crippen LogP contribution < -0.4 is 11.5 Å². The molecule has 0 saturated carbocycles. The Morgan fingerprint density at radius 2 is 2.08 bits per heavy atom. The van der Waals surface area contributed by atoms with E-state index >= 15 is 0 Å². The molecular weight excluding hydrogens is 170 g/mol. The zero-order chi connectivity index (χ0) is 9.30. The van der Waals surface area contributed by atoms with Crippen molar-refractivity contribution in [2.24, 2.45) is 5.73 Å². The van der Waals surface area contributed by atoms with Gasteiger partial charge in [0.05, 0.1) is 5.56 Å². The van der Waals surface area contributed by atoms with Gasteiger partial charge >= 0.3 is 0 Å². The number of rotatable bonds is 1. The Morgan fingerprint density at radius 1 is 1.50 bits per heavy atom. The predicted molar refractivity (Wildman–Crippen MR) is 54.0 cm³/mol. The second-order valence-electron chi connectivity index (χ2n) is 2.71. The average molecular weight is 181 g/mol. The summed E-state index contributed by atoms with van der Waals surface area (Å²) in [5.74, 6) is 0.417. The van der Waals surface area contributed by atoms with Crippen molar-refractivity contribution in [3.63, 3.8) is 0 Å². The smallest absolute Gasteiger partial charge is 0.134 e. The number of aryl methyl sites for hydroxylation is 2. The molecule has 0 aliphatic heterocycles. The van der Waals surface area contributed by atoms with Crippen LogP contribution in [0.4, 0.5) is 5.82 Å². The highest BCUT2D eigenvalue weighted by atomic mass is 32.1. The first-order valence-corrected chi connectivity index (χ1v) is 3.96. The van der Waals surface area contributed by atoms with E-state index in [1.165, 1.54) is 0 Å². The molecule has 12 heavy (non-hydrogen) atoms. The maximum atomic E-state index is 5.64. The number of anilines is 1. The fraction of sp³-hybridized carbons (Fsp3) is 0.250. The summed E-state index contributed by atoms with van der Waals surface area (Å²) in [6.45, 7) is 3.80. The van der Waals surface area contributed by atoms with E-state index in [4.69, 9.17) is 23.7 Å². The van der Waals surface area contributed by atoms with Gasteiger partial charge in [0.1, 0.15) is 10.8 Å². The summed E-state index contributed by atoms with van der Waals surface area (Å²) >= 11 is 4.84. The summed E-state index contributed by atoms with van der Waals surface area (Å²) in [5.41, 5.74) is 13.7. The van der Waals surface area contributed by atoms with Crippen LogP contribution in [0.25, 0.3) is 0 Å². The molecule has 0 bridgehead atoms. The molecule has 1 rings (SSSR count). The quantitative estimate of drug-likeness (QED) is 0.632. The number of nitrogens with two attached hydrogens (primary N) is 2. The maximum Gasteiger partial charge on any atom is 0.134 e. The molecule has 0 radical (unpaired) electrons. The summed E-state index contributed by atoms with van der Waals surface area (Å²) in [5, 5.41) is 0. The highest BCUT2D eigenvalue weighted by molar-refractivity contribution is 7.80. The first-order chi connectivity index (χ1) is 5.52. The van der Waals surface area contributed by atoms with Crippen LogP contribution in [0, 0.1) is 13.8 Å². The van der Waals surface area contributed by atoms with Crippen molar-refractivity contribution in [1.82, 2.24) is 4.98 Å². The molecule has 4 heteroatoms. The molecule has 0 aliphatic carbocycles. The normalized spacial score (nSPS) is 9.83. The minimum Gasteiger partial charge on any atom is -0.389 e. The number of hydrogen-bond acceptors (Lipinski definition) is 3. The molecule has 0 aromatic carbocycles. The van der Waals surface area contributed by atoms with Crippen molar-refractivity contribution in [3.05, 3.63) is 22.9 Å². The summed E-state index contributed by atoms with van der Waals surface area (Å²) in [6, 6.07) is 1.91. The summed E-state index contributed by atoms with van der Waals surface area (Å²) < 4.78 is 0. The third-order valence-corrected chi connectivity index (χ3v) is 1.82. The van der Waals surface area contributed by atoms with Gasteiger partial charge in [-0.3, -0.25) is 0 Å². The molecule has 1 aromatic rings. The van der Waals surface area contributed by atoms with Crippen LogP contribution in [0.3, 0.4) is 0 Å². The number of aromatic nitrogens is 1. The van der Waals surface area contributed by atoms with E-state index in [1.807, 2.05) is 19.9 Å².